The molecule has 0 N–H and O–H groups in total. The monoisotopic (exact) mass is 434 g/mol. The van der Waals surface area contributed by atoms with Crippen LogP contribution in [0.5, 0.6) is 0 Å². The molecule has 174 valence electrons. The summed E-state index contributed by atoms with van der Waals surface area (Å²) >= 11 is 5.50. The molecule has 0 saturated carbocycles. The molecule has 0 aliphatic carbocycles. The highest BCUT2D eigenvalue weighted by Gasteiger charge is 2.02. The highest BCUT2D eigenvalue weighted by Crippen LogP contribution is 2.13. The fraction of sp³-hybridized carbons (Fsp3) is 0.958. The zero-order valence-electron chi connectivity index (χ0n) is 19.1. The van der Waals surface area contributed by atoms with E-state index < -0.39 is 0 Å². The summed E-state index contributed by atoms with van der Waals surface area (Å²) in [5.74, 6) is 0.387. The molecule has 0 aliphatic heterocycles. The van der Waals surface area contributed by atoms with Crippen LogP contribution in [0.25, 0.3) is 0 Å². The number of carbonyl (C=O) groups excluding carboxylic acids is 1. The van der Waals surface area contributed by atoms with E-state index in [1.165, 1.54) is 83.5 Å². The fourth-order valence-electron chi connectivity index (χ4n) is 3.30. The van der Waals surface area contributed by atoms with E-state index in [2.05, 4.69) is 6.92 Å². The van der Waals surface area contributed by atoms with Crippen molar-refractivity contribution < 1.29 is 19.0 Å². The first-order chi connectivity index (χ1) is 14.3. The molecule has 29 heavy (non-hydrogen) atoms. The van der Waals surface area contributed by atoms with Crippen LogP contribution in [-0.4, -0.2) is 44.9 Å². The van der Waals surface area contributed by atoms with E-state index in [1.807, 2.05) is 0 Å². The lowest BCUT2D eigenvalue weighted by Crippen LogP contribution is -2.13. The Hall–Kier alpha value is -0.320. The maximum Gasteiger partial charge on any atom is 0.305 e. The van der Waals surface area contributed by atoms with Gasteiger partial charge in [0.2, 0.25) is 0 Å². The minimum absolute atomic E-state index is 0.110. The number of unbranched alkanes of at least 4 members (excludes halogenated alkanes) is 14. The van der Waals surface area contributed by atoms with Gasteiger partial charge < -0.3 is 14.2 Å². The average molecular weight is 435 g/mol. The third-order valence-electron chi connectivity index (χ3n) is 5.07. The molecule has 4 nitrogen and oxygen atoms in total. The molecule has 5 heteroatoms. The van der Waals surface area contributed by atoms with Crippen LogP contribution in [0.15, 0.2) is 0 Å². The van der Waals surface area contributed by atoms with Crippen LogP contribution >= 0.6 is 11.6 Å². The summed E-state index contributed by atoms with van der Waals surface area (Å²) in [7, 11) is 0. The summed E-state index contributed by atoms with van der Waals surface area (Å²) in [5.41, 5.74) is 0. The highest BCUT2D eigenvalue weighted by atomic mass is 35.5. The van der Waals surface area contributed by atoms with E-state index in [0.717, 1.165) is 12.8 Å². The number of hydrogen-bond acceptors (Lipinski definition) is 4. The lowest BCUT2D eigenvalue weighted by molar-refractivity contribution is -0.145. The van der Waals surface area contributed by atoms with Crippen molar-refractivity contribution in [2.45, 2.75) is 110 Å². The van der Waals surface area contributed by atoms with Gasteiger partial charge in [-0.05, 0) is 6.42 Å². The summed E-state index contributed by atoms with van der Waals surface area (Å²) in [6.45, 7) is 4.60. The van der Waals surface area contributed by atoms with E-state index in [-0.39, 0.29) is 5.97 Å². The van der Waals surface area contributed by atoms with Crippen molar-refractivity contribution in [2.75, 3.05) is 38.9 Å². The van der Waals surface area contributed by atoms with Crippen molar-refractivity contribution >= 4 is 17.6 Å². The first-order valence-electron chi connectivity index (χ1n) is 12.2. The third-order valence-corrected chi connectivity index (χ3v) is 5.22. The Labute approximate surface area is 185 Å². The number of alkyl halides is 1. The summed E-state index contributed by atoms with van der Waals surface area (Å²) in [6.07, 6.45) is 20.5. The fourth-order valence-corrected chi connectivity index (χ4v) is 3.41. The van der Waals surface area contributed by atoms with Crippen LogP contribution in [0.1, 0.15) is 110 Å². The molecule has 0 atom stereocenters. The third kappa shape index (κ3) is 25.6. The Kier molecular flexibility index (Phi) is 25.4. The topological polar surface area (TPSA) is 44.8 Å². The van der Waals surface area contributed by atoms with E-state index in [0.29, 0.717) is 45.3 Å². The smallest absolute Gasteiger partial charge is 0.305 e. The molecule has 0 fully saturated rings. The van der Waals surface area contributed by atoms with Gasteiger partial charge in [-0.3, -0.25) is 4.79 Å². The molecular weight excluding hydrogens is 388 g/mol. The summed E-state index contributed by atoms with van der Waals surface area (Å²) in [6, 6.07) is 0. The van der Waals surface area contributed by atoms with Crippen LogP contribution < -0.4 is 0 Å². The van der Waals surface area contributed by atoms with Crippen LogP contribution in [0.3, 0.4) is 0 Å². The van der Waals surface area contributed by atoms with Gasteiger partial charge >= 0.3 is 5.97 Å². The molecular formula is C24H47ClO4. The quantitative estimate of drug-likeness (QED) is 0.0925. The van der Waals surface area contributed by atoms with E-state index >= 15 is 0 Å². The predicted molar refractivity (Wildman–Crippen MR) is 123 cm³/mol. The largest absolute Gasteiger partial charge is 0.463 e. The van der Waals surface area contributed by atoms with Gasteiger partial charge in [-0.25, -0.2) is 0 Å². The number of carbonyl (C=O) groups is 1. The van der Waals surface area contributed by atoms with Gasteiger partial charge in [-0.1, -0.05) is 96.8 Å². The van der Waals surface area contributed by atoms with Crippen LogP contribution in [0.4, 0.5) is 0 Å². The predicted octanol–water partition coefficient (Wildman–Crippen LogP) is 7.06. The van der Waals surface area contributed by atoms with Crippen molar-refractivity contribution in [3.63, 3.8) is 0 Å². The second-order valence-corrected chi connectivity index (χ2v) is 8.21. The molecule has 0 rings (SSSR count). The minimum atomic E-state index is -0.110. The normalized spacial score (nSPS) is 11.1. The van der Waals surface area contributed by atoms with E-state index in [4.69, 9.17) is 25.8 Å². The Bertz CT molecular complexity index is 326. The molecule has 0 radical (unpaired) electrons. The van der Waals surface area contributed by atoms with Crippen molar-refractivity contribution in [3.05, 3.63) is 0 Å². The zero-order valence-corrected chi connectivity index (χ0v) is 19.8. The Morgan fingerprint density at radius 3 is 1.48 bits per heavy atom. The van der Waals surface area contributed by atoms with E-state index in [1.54, 1.807) is 0 Å². The van der Waals surface area contributed by atoms with Crippen molar-refractivity contribution in [2.24, 2.45) is 0 Å². The van der Waals surface area contributed by atoms with Gasteiger partial charge in [-0.2, -0.15) is 0 Å². The highest BCUT2D eigenvalue weighted by molar-refractivity contribution is 6.17. The first kappa shape index (κ1) is 28.7. The molecule has 0 amide bonds. The number of esters is 1. The molecule has 0 saturated heterocycles. The second kappa shape index (κ2) is 25.7. The lowest BCUT2D eigenvalue weighted by Gasteiger charge is -2.06. The van der Waals surface area contributed by atoms with Crippen LogP contribution in [-0.2, 0) is 19.0 Å². The van der Waals surface area contributed by atoms with E-state index in [9.17, 15) is 4.79 Å². The van der Waals surface area contributed by atoms with Crippen LogP contribution in [0.2, 0.25) is 0 Å². The van der Waals surface area contributed by atoms with Crippen LogP contribution in [0, 0.1) is 0 Å². The molecule has 0 bridgehead atoms. The molecule has 0 aromatic heterocycles. The van der Waals surface area contributed by atoms with Gasteiger partial charge in [0.25, 0.3) is 0 Å². The Morgan fingerprint density at radius 1 is 0.586 bits per heavy atom. The zero-order chi connectivity index (χ0) is 21.3. The Morgan fingerprint density at radius 2 is 1.00 bits per heavy atom. The number of rotatable bonds is 24. The van der Waals surface area contributed by atoms with Crippen molar-refractivity contribution in [1.82, 2.24) is 0 Å². The minimum Gasteiger partial charge on any atom is -0.463 e. The number of ether oxygens (including phenoxy) is 3. The number of hydrogen-bond donors (Lipinski definition) is 0. The van der Waals surface area contributed by atoms with Gasteiger partial charge in [0.1, 0.15) is 6.61 Å². The van der Waals surface area contributed by atoms with Crippen molar-refractivity contribution in [3.8, 4) is 0 Å². The summed E-state index contributed by atoms with van der Waals surface area (Å²) in [5, 5.41) is 0. The summed E-state index contributed by atoms with van der Waals surface area (Å²) in [4.78, 5) is 11.6. The molecule has 0 aliphatic rings. The molecule has 0 aromatic rings. The van der Waals surface area contributed by atoms with Gasteiger partial charge in [0.15, 0.2) is 0 Å². The molecule has 0 heterocycles. The standard InChI is InChI=1S/C24H47ClO4/c1-2-3-4-5-6-7-8-9-10-11-12-13-14-15-16-17-24(26)29-23-22-28-21-20-27-19-18-25/h2-23H2,1H3. The average Bonchev–Trinajstić information content (AvgIpc) is 2.72. The second-order valence-electron chi connectivity index (χ2n) is 7.83. The molecule has 0 spiro atoms. The summed E-state index contributed by atoms with van der Waals surface area (Å²) < 4.78 is 15.7. The lowest BCUT2D eigenvalue weighted by atomic mass is 10.0. The maximum absolute atomic E-state index is 11.6. The maximum atomic E-state index is 11.6. The van der Waals surface area contributed by atoms with Gasteiger partial charge in [-0.15, -0.1) is 11.6 Å². The van der Waals surface area contributed by atoms with Crippen molar-refractivity contribution in [1.29, 1.82) is 0 Å². The Balaban J connectivity index is 3.12. The molecule has 0 aromatic carbocycles. The van der Waals surface area contributed by atoms with Gasteiger partial charge in [0, 0.05) is 12.3 Å². The molecule has 0 unspecified atom stereocenters. The first-order valence-corrected chi connectivity index (χ1v) is 12.7. The number of halogens is 1. The SMILES string of the molecule is CCCCCCCCCCCCCCCCCC(=O)OCCOCCOCCCl. The van der Waals surface area contributed by atoms with Gasteiger partial charge in [0.05, 0.1) is 26.4 Å².